The predicted molar refractivity (Wildman–Crippen MR) is 97.7 cm³/mol. The molecule has 2 saturated heterocycles. The molecule has 0 saturated carbocycles. The number of likely N-dealkylation sites (tertiary alicyclic amines) is 2. The van der Waals surface area contributed by atoms with Gasteiger partial charge in [-0.1, -0.05) is 0 Å². The van der Waals surface area contributed by atoms with E-state index < -0.39 is 15.6 Å². The smallest absolute Gasteiger partial charge is 0.410 e. The molecule has 8 heteroatoms. The molecule has 0 unspecified atom stereocenters. The molecule has 2 fully saturated rings. The van der Waals surface area contributed by atoms with Gasteiger partial charge in [0.2, 0.25) is 10.0 Å². The van der Waals surface area contributed by atoms with Crippen molar-refractivity contribution in [2.45, 2.75) is 52.1 Å². The molecule has 1 amide bonds. The van der Waals surface area contributed by atoms with Crippen molar-refractivity contribution in [1.29, 1.82) is 0 Å². The summed E-state index contributed by atoms with van der Waals surface area (Å²) >= 11 is 0. The molecule has 2 aliphatic rings. The van der Waals surface area contributed by atoms with E-state index in [4.69, 9.17) is 9.88 Å². The molecule has 0 aromatic carbocycles. The first-order chi connectivity index (χ1) is 11.5. The van der Waals surface area contributed by atoms with Gasteiger partial charge in [-0.2, -0.15) is 0 Å². The van der Waals surface area contributed by atoms with Crippen molar-refractivity contribution in [2.24, 2.45) is 17.0 Å². The molecular weight excluding hydrogens is 342 g/mol. The Labute approximate surface area is 151 Å². The van der Waals surface area contributed by atoms with Crippen LogP contribution in [0.5, 0.6) is 0 Å². The van der Waals surface area contributed by atoms with Gasteiger partial charge >= 0.3 is 6.09 Å². The SMILES string of the molecule is CC(C)(C)OC(=O)N1CCC([C@H]2CCCN(CCS(N)(=O)=O)C2)CC1. The number of amides is 1. The van der Waals surface area contributed by atoms with Crippen molar-refractivity contribution in [3.8, 4) is 0 Å². The summed E-state index contributed by atoms with van der Waals surface area (Å²) in [6.07, 6.45) is 4.05. The van der Waals surface area contributed by atoms with Gasteiger partial charge < -0.3 is 14.5 Å². The highest BCUT2D eigenvalue weighted by atomic mass is 32.2. The summed E-state index contributed by atoms with van der Waals surface area (Å²) in [7, 11) is -3.40. The second-order valence-electron chi connectivity index (χ2n) is 8.37. The zero-order valence-corrected chi connectivity index (χ0v) is 16.6. The molecule has 7 nitrogen and oxygen atoms in total. The topological polar surface area (TPSA) is 92.9 Å². The fourth-order valence-corrected chi connectivity index (χ4v) is 4.33. The normalized spacial score (nSPS) is 24.3. The molecule has 2 aliphatic heterocycles. The van der Waals surface area contributed by atoms with Crippen molar-refractivity contribution < 1.29 is 17.9 Å². The number of sulfonamides is 1. The fourth-order valence-electron chi connectivity index (χ4n) is 3.82. The summed E-state index contributed by atoms with van der Waals surface area (Å²) < 4.78 is 27.8. The molecule has 0 radical (unpaired) electrons. The van der Waals surface area contributed by atoms with Crippen LogP contribution in [-0.4, -0.2) is 68.4 Å². The Kier molecular flexibility index (Phi) is 6.73. The first-order valence-electron chi connectivity index (χ1n) is 9.24. The number of primary sulfonamides is 1. The molecule has 0 spiro atoms. The van der Waals surface area contributed by atoms with Crippen molar-refractivity contribution >= 4 is 16.1 Å². The Morgan fingerprint density at radius 2 is 1.76 bits per heavy atom. The van der Waals surface area contributed by atoms with Gasteiger partial charge in [-0.3, -0.25) is 0 Å². The molecule has 0 aromatic rings. The van der Waals surface area contributed by atoms with Crippen LogP contribution in [-0.2, 0) is 14.8 Å². The Morgan fingerprint density at radius 3 is 2.32 bits per heavy atom. The maximum atomic E-state index is 12.2. The zero-order valence-electron chi connectivity index (χ0n) is 15.7. The summed E-state index contributed by atoms with van der Waals surface area (Å²) in [5, 5.41) is 5.11. The van der Waals surface area contributed by atoms with Gasteiger partial charge in [0.1, 0.15) is 5.60 Å². The van der Waals surface area contributed by atoms with E-state index in [0.29, 0.717) is 18.4 Å². The second kappa shape index (κ2) is 8.22. The highest BCUT2D eigenvalue weighted by molar-refractivity contribution is 7.89. The predicted octanol–water partition coefficient (Wildman–Crippen LogP) is 1.63. The maximum Gasteiger partial charge on any atom is 0.410 e. The molecule has 0 bridgehead atoms. The molecule has 0 aliphatic carbocycles. The van der Waals surface area contributed by atoms with Crippen LogP contribution < -0.4 is 5.14 Å². The Hall–Kier alpha value is -0.860. The summed E-state index contributed by atoms with van der Waals surface area (Å²) in [5.74, 6) is 1.20. The number of piperidine rings is 2. The highest BCUT2D eigenvalue weighted by Crippen LogP contribution is 2.32. The minimum Gasteiger partial charge on any atom is -0.444 e. The van der Waals surface area contributed by atoms with Crippen LogP contribution in [0.15, 0.2) is 0 Å². The van der Waals surface area contributed by atoms with Crippen LogP contribution >= 0.6 is 0 Å². The van der Waals surface area contributed by atoms with Crippen molar-refractivity contribution in [2.75, 3.05) is 38.5 Å². The van der Waals surface area contributed by atoms with E-state index in [-0.39, 0.29) is 11.8 Å². The first-order valence-corrected chi connectivity index (χ1v) is 11.0. The minimum atomic E-state index is -3.40. The van der Waals surface area contributed by atoms with Crippen LogP contribution in [0.4, 0.5) is 4.79 Å². The maximum absolute atomic E-state index is 12.2. The van der Waals surface area contributed by atoms with Crippen LogP contribution in [0.3, 0.4) is 0 Å². The lowest BCUT2D eigenvalue weighted by molar-refractivity contribution is 0.0130. The van der Waals surface area contributed by atoms with Gasteiger partial charge in [0.25, 0.3) is 0 Å². The number of hydrogen-bond acceptors (Lipinski definition) is 5. The lowest BCUT2D eigenvalue weighted by atomic mass is 9.80. The molecule has 0 aromatic heterocycles. The number of ether oxygens (including phenoxy) is 1. The largest absolute Gasteiger partial charge is 0.444 e. The van der Waals surface area contributed by atoms with E-state index in [1.165, 1.54) is 6.42 Å². The Balaban J connectivity index is 1.79. The Morgan fingerprint density at radius 1 is 1.12 bits per heavy atom. The van der Waals surface area contributed by atoms with Gasteiger partial charge in [-0.05, 0) is 64.8 Å². The van der Waals surface area contributed by atoms with E-state index in [9.17, 15) is 13.2 Å². The van der Waals surface area contributed by atoms with Gasteiger partial charge in [0, 0.05) is 26.2 Å². The number of carbonyl (C=O) groups is 1. The molecule has 146 valence electrons. The second-order valence-corrected chi connectivity index (χ2v) is 10.1. The van der Waals surface area contributed by atoms with Crippen molar-refractivity contribution in [3.05, 3.63) is 0 Å². The molecule has 25 heavy (non-hydrogen) atoms. The van der Waals surface area contributed by atoms with E-state index in [2.05, 4.69) is 4.90 Å². The third-order valence-electron chi connectivity index (χ3n) is 5.09. The number of nitrogens with zero attached hydrogens (tertiary/aromatic N) is 2. The number of hydrogen-bond donors (Lipinski definition) is 1. The van der Waals surface area contributed by atoms with E-state index >= 15 is 0 Å². The van der Waals surface area contributed by atoms with Gasteiger partial charge in [-0.15, -0.1) is 0 Å². The van der Waals surface area contributed by atoms with Crippen LogP contribution in [0.25, 0.3) is 0 Å². The lowest BCUT2D eigenvalue weighted by Gasteiger charge is -2.41. The van der Waals surface area contributed by atoms with Gasteiger partial charge in [-0.25, -0.2) is 18.4 Å². The fraction of sp³-hybridized carbons (Fsp3) is 0.941. The number of nitrogens with two attached hydrogens (primary N) is 1. The van der Waals surface area contributed by atoms with Gasteiger partial charge in [0.15, 0.2) is 0 Å². The summed E-state index contributed by atoms with van der Waals surface area (Å²) in [4.78, 5) is 16.2. The average Bonchev–Trinajstić information content (AvgIpc) is 2.51. The molecule has 2 rings (SSSR count). The van der Waals surface area contributed by atoms with E-state index in [1.54, 1.807) is 0 Å². The van der Waals surface area contributed by atoms with E-state index in [1.807, 2.05) is 25.7 Å². The van der Waals surface area contributed by atoms with Crippen molar-refractivity contribution in [1.82, 2.24) is 9.80 Å². The van der Waals surface area contributed by atoms with Crippen LogP contribution in [0.2, 0.25) is 0 Å². The molecule has 2 N–H and O–H groups in total. The average molecular weight is 376 g/mol. The standard InChI is InChI=1S/C17H33N3O4S/c1-17(2,3)24-16(21)20-9-6-14(7-10-20)15-5-4-8-19(13-15)11-12-25(18,22)23/h14-15H,4-13H2,1-3H3,(H2,18,22,23)/t15-/m0/s1. The summed E-state index contributed by atoms with van der Waals surface area (Å²) in [6.45, 7) is 9.55. The number of rotatable bonds is 4. The highest BCUT2D eigenvalue weighted by Gasteiger charge is 2.32. The summed E-state index contributed by atoms with van der Waals surface area (Å²) in [6, 6.07) is 0. The molecule has 1 atom stereocenters. The quantitative estimate of drug-likeness (QED) is 0.806. The Bertz CT molecular complexity index is 551. The number of carbonyl (C=O) groups excluding carboxylic acids is 1. The monoisotopic (exact) mass is 375 g/mol. The molecule has 2 heterocycles. The molecular formula is C17H33N3O4S. The minimum absolute atomic E-state index is 0.0246. The van der Waals surface area contributed by atoms with E-state index in [0.717, 1.165) is 45.4 Å². The lowest BCUT2D eigenvalue weighted by Crippen LogP contribution is -2.46. The van der Waals surface area contributed by atoms with Crippen LogP contribution in [0.1, 0.15) is 46.5 Å². The first kappa shape index (κ1) is 20.5. The summed E-state index contributed by atoms with van der Waals surface area (Å²) in [5.41, 5.74) is -0.457. The van der Waals surface area contributed by atoms with Crippen molar-refractivity contribution in [3.63, 3.8) is 0 Å². The van der Waals surface area contributed by atoms with Gasteiger partial charge in [0.05, 0.1) is 5.75 Å². The third-order valence-corrected chi connectivity index (χ3v) is 5.84. The zero-order chi connectivity index (χ0) is 18.7. The third kappa shape index (κ3) is 7.11. The van der Waals surface area contributed by atoms with Crippen LogP contribution in [0, 0.1) is 11.8 Å².